The lowest BCUT2D eigenvalue weighted by Crippen LogP contribution is -2.28. The highest BCUT2D eigenvalue weighted by Gasteiger charge is 2.30. The third-order valence-corrected chi connectivity index (χ3v) is 4.92. The van der Waals surface area contributed by atoms with E-state index in [1.165, 1.54) is 0 Å². The third-order valence-electron chi connectivity index (χ3n) is 3.05. The van der Waals surface area contributed by atoms with Gasteiger partial charge in [0.15, 0.2) is 0 Å². The molecule has 16 heavy (non-hydrogen) atoms. The van der Waals surface area contributed by atoms with E-state index in [4.69, 9.17) is 0 Å². The van der Waals surface area contributed by atoms with Gasteiger partial charge in [0.1, 0.15) is 0 Å². The Morgan fingerprint density at radius 3 is 2.38 bits per heavy atom. The molecule has 2 rings (SSSR count). The minimum absolute atomic E-state index is 0.409. The maximum atomic E-state index is 12.2. The third kappa shape index (κ3) is 2.13. The average molecular weight is 239 g/mol. The number of nitrogens with zero attached hydrogens (tertiary/aromatic N) is 1. The van der Waals surface area contributed by atoms with Crippen LogP contribution in [0.3, 0.4) is 0 Å². The molecule has 1 saturated heterocycles. The summed E-state index contributed by atoms with van der Waals surface area (Å²) in [4.78, 5) is 0.409. The van der Waals surface area contributed by atoms with Crippen molar-refractivity contribution in [1.29, 1.82) is 0 Å². The number of aryl methyl sites for hydroxylation is 1. The summed E-state index contributed by atoms with van der Waals surface area (Å²) in [5.74, 6) is 0.472. The molecule has 3 nitrogen and oxygen atoms in total. The highest BCUT2D eigenvalue weighted by atomic mass is 32.2. The predicted molar refractivity (Wildman–Crippen MR) is 63.7 cm³/mol. The highest BCUT2D eigenvalue weighted by Crippen LogP contribution is 2.23. The summed E-state index contributed by atoms with van der Waals surface area (Å²) in [5, 5.41) is 0. The van der Waals surface area contributed by atoms with Gasteiger partial charge in [0.05, 0.1) is 4.90 Å². The number of hydrogen-bond acceptors (Lipinski definition) is 2. The van der Waals surface area contributed by atoms with Crippen molar-refractivity contribution in [3.8, 4) is 0 Å². The van der Waals surface area contributed by atoms with E-state index < -0.39 is 10.0 Å². The second-order valence-electron chi connectivity index (χ2n) is 4.57. The molecule has 0 aliphatic carbocycles. The Balaban J connectivity index is 2.29. The molecule has 1 aromatic carbocycles. The molecular weight excluding hydrogens is 222 g/mol. The molecule has 0 aromatic heterocycles. The normalized spacial score (nSPS) is 22.5. The van der Waals surface area contributed by atoms with Gasteiger partial charge in [-0.1, -0.05) is 24.6 Å². The quantitative estimate of drug-likeness (QED) is 0.792. The first-order valence-corrected chi connectivity index (χ1v) is 7.01. The van der Waals surface area contributed by atoms with Crippen LogP contribution in [0.1, 0.15) is 18.9 Å². The van der Waals surface area contributed by atoms with Gasteiger partial charge in [0, 0.05) is 13.1 Å². The monoisotopic (exact) mass is 239 g/mol. The number of hydrogen-bond donors (Lipinski definition) is 0. The number of rotatable bonds is 2. The fourth-order valence-corrected chi connectivity index (χ4v) is 3.55. The molecule has 1 atom stereocenters. The van der Waals surface area contributed by atoms with Crippen LogP contribution in [0, 0.1) is 12.8 Å². The summed E-state index contributed by atoms with van der Waals surface area (Å²) in [5.41, 5.74) is 1.08. The molecule has 88 valence electrons. The van der Waals surface area contributed by atoms with E-state index in [0.29, 0.717) is 23.9 Å². The van der Waals surface area contributed by atoms with E-state index in [1.54, 1.807) is 16.4 Å². The Morgan fingerprint density at radius 1 is 1.25 bits per heavy atom. The largest absolute Gasteiger partial charge is 0.243 e. The molecule has 0 N–H and O–H groups in total. The average Bonchev–Trinajstić information content (AvgIpc) is 2.66. The molecule has 0 bridgehead atoms. The van der Waals surface area contributed by atoms with Gasteiger partial charge in [0.25, 0.3) is 0 Å². The maximum Gasteiger partial charge on any atom is 0.243 e. The van der Waals surface area contributed by atoms with Crippen molar-refractivity contribution in [1.82, 2.24) is 4.31 Å². The molecule has 0 amide bonds. The van der Waals surface area contributed by atoms with E-state index >= 15 is 0 Å². The van der Waals surface area contributed by atoms with E-state index in [0.717, 1.165) is 12.0 Å². The highest BCUT2D eigenvalue weighted by molar-refractivity contribution is 7.89. The molecule has 1 aliphatic rings. The fourth-order valence-electron chi connectivity index (χ4n) is 1.97. The molecule has 1 heterocycles. The summed E-state index contributed by atoms with van der Waals surface area (Å²) >= 11 is 0. The van der Waals surface area contributed by atoms with Gasteiger partial charge in [-0.15, -0.1) is 0 Å². The van der Waals surface area contributed by atoms with Gasteiger partial charge >= 0.3 is 0 Å². The summed E-state index contributed by atoms with van der Waals surface area (Å²) in [7, 11) is -3.26. The number of sulfonamides is 1. The predicted octanol–water partition coefficient (Wildman–Crippen LogP) is 2.03. The molecule has 0 radical (unpaired) electrons. The summed E-state index contributed by atoms with van der Waals surface area (Å²) < 4.78 is 26.0. The van der Waals surface area contributed by atoms with Crippen LogP contribution in [0.5, 0.6) is 0 Å². The minimum atomic E-state index is -3.26. The van der Waals surface area contributed by atoms with Crippen molar-refractivity contribution in [2.75, 3.05) is 13.1 Å². The second-order valence-corrected chi connectivity index (χ2v) is 6.51. The molecule has 0 spiro atoms. The summed E-state index contributed by atoms with van der Waals surface area (Å²) in [6.45, 7) is 5.34. The standard InChI is InChI=1S/C12H17NO2S/c1-10-3-5-12(6-4-10)16(14,15)13-8-7-11(2)9-13/h3-6,11H,7-9H2,1-2H3/t11-/m0/s1. The lowest BCUT2D eigenvalue weighted by atomic mass is 10.2. The first-order chi connectivity index (χ1) is 7.50. The summed E-state index contributed by atoms with van der Waals surface area (Å²) in [6.07, 6.45) is 0.963. The van der Waals surface area contributed by atoms with Gasteiger partial charge in [-0.2, -0.15) is 4.31 Å². The Labute approximate surface area is 97.1 Å². The van der Waals surface area contributed by atoms with Crippen molar-refractivity contribution < 1.29 is 8.42 Å². The molecule has 1 aliphatic heterocycles. The zero-order valence-electron chi connectivity index (χ0n) is 9.68. The number of benzene rings is 1. The van der Waals surface area contributed by atoms with Crippen LogP contribution < -0.4 is 0 Å². The Hall–Kier alpha value is -0.870. The first kappa shape index (κ1) is 11.6. The maximum absolute atomic E-state index is 12.2. The zero-order valence-corrected chi connectivity index (χ0v) is 10.5. The van der Waals surface area contributed by atoms with E-state index in [-0.39, 0.29) is 0 Å². The molecule has 0 unspecified atom stereocenters. The zero-order chi connectivity index (χ0) is 11.8. The van der Waals surface area contributed by atoms with Gasteiger partial charge in [-0.05, 0) is 31.4 Å². The van der Waals surface area contributed by atoms with Gasteiger partial charge in [-0.25, -0.2) is 8.42 Å². The van der Waals surface area contributed by atoms with Crippen molar-refractivity contribution in [2.24, 2.45) is 5.92 Å². The van der Waals surface area contributed by atoms with Gasteiger partial charge in [0.2, 0.25) is 10.0 Å². The Morgan fingerprint density at radius 2 is 1.88 bits per heavy atom. The lowest BCUT2D eigenvalue weighted by Gasteiger charge is -2.15. The summed E-state index contributed by atoms with van der Waals surface area (Å²) in [6, 6.07) is 7.06. The van der Waals surface area contributed by atoms with Crippen molar-refractivity contribution in [2.45, 2.75) is 25.2 Å². The molecular formula is C12H17NO2S. The van der Waals surface area contributed by atoms with Crippen molar-refractivity contribution in [3.63, 3.8) is 0 Å². The van der Waals surface area contributed by atoms with Gasteiger partial charge < -0.3 is 0 Å². The van der Waals surface area contributed by atoms with E-state index in [9.17, 15) is 8.42 Å². The SMILES string of the molecule is Cc1ccc(S(=O)(=O)N2CC[C@H](C)C2)cc1. The van der Waals surface area contributed by atoms with Crippen LogP contribution in [-0.4, -0.2) is 25.8 Å². The fraction of sp³-hybridized carbons (Fsp3) is 0.500. The van der Waals surface area contributed by atoms with Crippen LogP contribution in [-0.2, 0) is 10.0 Å². The Bertz CT molecular complexity index is 464. The lowest BCUT2D eigenvalue weighted by molar-refractivity contribution is 0.464. The first-order valence-electron chi connectivity index (χ1n) is 5.57. The van der Waals surface area contributed by atoms with E-state index in [2.05, 4.69) is 6.92 Å². The Kier molecular flexibility index (Phi) is 3.04. The van der Waals surface area contributed by atoms with Crippen molar-refractivity contribution in [3.05, 3.63) is 29.8 Å². The topological polar surface area (TPSA) is 37.4 Å². The minimum Gasteiger partial charge on any atom is -0.207 e. The van der Waals surface area contributed by atoms with Gasteiger partial charge in [-0.3, -0.25) is 0 Å². The molecule has 1 aromatic rings. The van der Waals surface area contributed by atoms with E-state index in [1.807, 2.05) is 19.1 Å². The smallest absolute Gasteiger partial charge is 0.207 e. The van der Waals surface area contributed by atoms with Crippen LogP contribution in [0.15, 0.2) is 29.2 Å². The van der Waals surface area contributed by atoms with Crippen LogP contribution in [0.4, 0.5) is 0 Å². The van der Waals surface area contributed by atoms with Crippen LogP contribution in [0.25, 0.3) is 0 Å². The molecule has 4 heteroatoms. The molecule has 0 saturated carbocycles. The molecule has 1 fully saturated rings. The second kappa shape index (κ2) is 4.18. The van der Waals surface area contributed by atoms with Crippen LogP contribution in [0.2, 0.25) is 0 Å². The van der Waals surface area contributed by atoms with Crippen LogP contribution >= 0.6 is 0 Å². The van der Waals surface area contributed by atoms with Crippen molar-refractivity contribution >= 4 is 10.0 Å².